The van der Waals surface area contributed by atoms with E-state index < -0.39 is 224 Å². The van der Waals surface area contributed by atoms with Crippen LogP contribution < -0.4 is 9.47 Å². The molecule has 746 valence electrons. The molecule has 0 spiro atoms. The molecule has 0 aliphatic rings. The van der Waals surface area contributed by atoms with Gasteiger partial charge in [0.25, 0.3) is 0 Å². The Morgan fingerprint density at radius 3 is 0.598 bits per heavy atom. The van der Waals surface area contributed by atoms with E-state index in [9.17, 15) is 223 Å². The van der Waals surface area contributed by atoms with E-state index in [0.29, 0.717) is 24.3 Å². The second-order valence-corrected chi connectivity index (χ2v) is 23.2. The maximum absolute atomic E-state index is 14.3. The number of halogens is 42. The fourth-order valence-corrected chi connectivity index (χ4v) is 7.52. The zero-order chi connectivity index (χ0) is 103. The Hall–Kier alpha value is -9.16. The number of hydrogen-bond acceptors (Lipinski definition) is 21. The first-order valence-corrected chi connectivity index (χ1v) is 32.1. The van der Waals surface area contributed by atoms with Crippen molar-refractivity contribution in [1.29, 1.82) is 0 Å². The number of esters is 8. The van der Waals surface area contributed by atoms with Gasteiger partial charge in [0.15, 0.2) is 39.6 Å². The van der Waals surface area contributed by atoms with E-state index in [-0.39, 0.29) is 142 Å². The Balaban J connectivity index is -0.000000408. The molecule has 2 rings (SSSR count). The van der Waals surface area contributed by atoms with Crippen molar-refractivity contribution in [3.63, 3.8) is 0 Å². The van der Waals surface area contributed by atoms with Crippen molar-refractivity contribution in [2.45, 2.75) is 125 Å². The van der Waals surface area contributed by atoms with Crippen LogP contribution >= 0.6 is 0 Å². The molecule has 0 atom stereocenters. The van der Waals surface area contributed by atoms with Crippen molar-refractivity contribution in [2.75, 3.05) is 66.1 Å². The maximum atomic E-state index is 14.3. The van der Waals surface area contributed by atoms with Crippen LogP contribution in [0.1, 0.15) is 14.0 Å². The average Bonchev–Trinajstić information content (AvgIpc) is 0.697. The van der Waals surface area contributed by atoms with Crippen molar-refractivity contribution < 1.29 is 314 Å². The van der Waals surface area contributed by atoms with Crippen molar-refractivity contribution in [1.82, 2.24) is 0 Å². The van der Waals surface area contributed by atoms with Gasteiger partial charge in [0.05, 0.1) is 0 Å². The third-order valence-corrected chi connectivity index (χ3v) is 14.0. The molecule has 0 fully saturated rings. The Morgan fingerprint density at radius 2 is 0.409 bits per heavy atom. The Kier molecular flexibility index (Phi) is 47.3. The number of ether oxygens (including phenoxy) is 13. The third kappa shape index (κ3) is 32.0. The molecule has 2 aromatic rings. The molecule has 0 amide bonds. The van der Waals surface area contributed by atoms with Gasteiger partial charge in [-0.3, -0.25) is 0 Å². The summed E-state index contributed by atoms with van der Waals surface area (Å²) in [5.41, 5.74) is -6.51. The second-order valence-electron chi connectivity index (χ2n) is 23.2. The number of rotatable bonds is 48. The predicted molar refractivity (Wildman–Crippen MR) is 346 cm³/mol. The molecule has 0 radical (unpaired) electrons. The quantitative estimate of drug-likeness (QED) is 0.0149. The summed E-state index contributed by atoms with van der Waals surface area (Å²) in [6, 6.07) is 6.51. The molecular weight excluding hydrogens is 2090 g/mol. The fourth-order valence-electron chi connectivity index (χ4n) is 7.52. The number of carbonyl (C=O) groups excluding carboxylic acids is 8. The first-order valence-electron chi connectivity index (χ1n) is 32.1. The third-order valence-electron chi connectivity index (χ3n) is 14.0. The van der Waals surface area contributed by atoms with E-state index >= 15 is 0 Å². The van der Waals surface area contributed by atoms with Crippen molar-refractivity contribution in [3.05, 3.63) is 161 Å². The van der Waals surface area contributed by atoms with Crippen LogP contribution in [0.3, 0.4) is 0 Å². The number of benzene rings is 2. The van der Waals surface area contributed by atoms with E-state index in [1.807, 2.05) is 4.74 Å². The van der Waals surface area contributed by atoms with E-state index in [0.717, 1.165) is 36.4 Å². The van der Waals surface area contributed by atoms with Gasteiger partial charge < -0.3 is 50.2 Å². The van der Waals surface area contributed by atoms with Gasteiger partial charge in [-0.1, -0.05) is 76.9 Å². The SMILES string of the molecule is C=CC(=O)OCC(F)(F)C(F)(F)C(F)(F)C(F)(F)C(F)(F)C(F)(F)C(F)(F)C(F)(F)COC(=O)C=C.C=CC(=O)OCC(F)(F)C(F)(F)C(F)(F)C(F)(F)COC(=O)C=C.C=CC(=O)OCC(F)(F)OC(F)(F)C(F)(F)OC(F)(F)C(F)(F)OC(F)(F)COC(=O)C=C.C=CC(=O)OCCOc1ccc(C(c2ccc(OCCOC(=O)C=C)cc2)(C(F)(F)F)C(F)(F)F)cc1.[Ca+2].[Cd].[H-].[H-]. The topological polar surface area (TPSA) is 257 Å². The van der Waals surface area contributed by atoms with Gasteiger partial charge in [0, 0.05) is 75.9 Å². The summed E-state index contributed by atoms with van der Waals surface area (Å²) < 4.78 is 613. The summed E-state index contributed by atoms with van der Waals surface area (Å²) in [7, 11) is 0. The molecule has 0 bridgehead atoms. The molecule has 2 aromatic carbocycles. The van der Waals surface area contributed by atoms with Crippen molar-refractivity contribution >= 4 is 85.5 Å². The standard InChI is InChI=1S/C25H22F6O6.C16H10F16O4.C14H10F12O7.C12H10F8O4.Ca.Cd.2H/c1-3-21(32)36-15-13-34-19-9-5-17(6-10-19)23(24(26,27)28,25(29,30)31)18-7-11-20(12-8-18)35-14-16-37-22(33)4-2;1-3-7(33)35-5-9(17,18)11(21,22)13(25,26)15(29,30)16(31,32)14(27,28)12(23,24)10(19,20)6-36-8(34)4-2;1-3-7(27)29-5-9(15,16)31-11(19,20)13(23,24)33-14(25,26)12(21,22)32-10(17,18)6-30-8(28)4-2;1-3-7(21)23-5-9(13,14)11(17,18)12(19,20)10(15,16)6-24-8(22)4-2;;;;/h3-12H,1-2,13-16H2;3-4H,1-2,5-6H2;3-4H,1-2,5-6H2;3-4H,1-2,5-6H2;;;;/q;;;;+2;;2*-1. The summed E-state index contributed by atoms with van der Waals surface area (Å²) in [5.74, 6) is -101. The minimum atomic E-state index is -8.63. The molecule has 0 aliphatic heterocycles. The molecule has 0 heterocycles. The summed E-state index contributed by atoms with van der Waals surface area (Å²) in [6.07, 6.45) is -47.8. The van der Waals surface area contributed by atoms with Gasteiger partial charge in [0.1, 0.15) is 37.9 Å². The fraction of sp³-hybridized carbons (Fsp3) is 0.463. The Morgan fingerprint density at radius 1 is 0.242 bits per heavy atom. The molecule has 65 heteroatoms. The summed E-state index contributed by atoms with van der Waals surface area (Å²) >= 11 is 0. The maximum Gasteiger partial charge on any atom is 2.00 e. The number of alkyl halides is 42. The van der Waals surface area contributed by atoms with Crippen LogP contribution in [0.5, 0.6) is 11.5 Å². The normalized spacial score (nSPS) is 13.2. The van der Waals surface area contributed by atoms with E-state index in [1.165, 1.54) is 0 Å². The van der Waals surface area contributed by atoms with E-state index in [1.54, 1.807) is 0 Å². The van der Waals surface area contributed by atoms with Crippen molar-refractivity contribution in [3.8, 4) is 11.5 Å². The number of hydrogen-bond donors (Lipinski definition) is 0. The summed E-state index contributed by atoms with van der Waals surface area (Å²) in [6.45, 7) is 4.73. The minimum Gasteiger partial charge on any atom is -1.00 e. The predicted octanol–water partition coefficient (Wildman–Crippen LogP) is 17.7. The van der Waals surface area contributed by atoms with Gasteiger partial charge >= 0.3 is 206 Å². The first-order chi connectivity index (χ1) is 58.2. The Labute approximate surface area is 760 Å². The van der Waals surface area contributed by atoms with Crippen LogP contribution in [0.4, 0.5) is 184 Å². The minimum absolute atomic E-state index is 0. The van der Waals surface area contributed by atoms with Crippen LogP contribution in [0.2, 0.25) is 0 Å². The van der Waals surface area contributed by atoms with Crippen LogP contribution in [-0.2, 0) is 123 Å². The van der Waals surface area contributed by atoms with Crippen LogP contribution in [0, 0.1) is 0 Å². The molecule has 21 nitrogen and oxygen atoms in total. The van der Waals surface area contributed by atoms with Crippen molar-refractivity contribution in [2.24, 2.45) is 0 Å². The van der Waals surface area contributed by atoms with Gasteiger partial charge in [-0.25, -0.2) is 52.6 Å². The summed E-state index contributed by atoms with van der Waals surface area (Å²) in [5, 5.41) is 0. The van der Waals surface area contributed by atoms with Crippen LogP contribution in [0.25, 0.3) is 0 Å². The molecule has 0 saturated carbocycles. The van der Waals surface area contributed by atoms with Crippen LogP contribution in [0.15, 0.2) is 150 Å². The smallest absolute Gasteiger partial charge is 1.00 e. The Bertz CT molecular complexity index is 4010. The largest absolute Gasteiger partial charge is 2.00 e. The first kappa shape index (κ1) is 129. The molecular formula is C67H54CaCdF42O21. The second kappa shape index (κ2) is 48.3. The van der Waals surface area contributed by atoms with Gasteiger partial charge in [0.2, 0.25) is 5.41 Å². The molecule has 0 N–H and O–H groups in total. The van der Waals surface area contributed by atoms with Gasteiger partial charge in [-0.05, 0) is 35.4 Å². The zero-order valence-corrected chi connectivity index (χ0v) is 70.6. The molecule has 132 heavy (non-hydrogen) atoms. The zero-order valence-electron chi connectivity index (χ0n) is 66.3. The molecule has 0 aliphatic carbocycles. The summed E-state index contributed by atoms with van der Waals surface area (Å²) in [4.78, 5) is 85.3. The van der Waals surface area contributed by atoms with E-state index in [4.69, 9.17) is 9.47 Å². The average molecular weight is 2150 g/mol. The van der Waals surface area contributed by atoms with Gasteiger partial charge in [-0.2, -0.15) is 184 Å². The number of carbonyl (C=O) groups is 8. The molecule has 0 aromatic heterocycles. The van der Waals surface area contributed by atoms with E-state index in [2.05, 4.69) is 100 Å². The molecule has 0 unspecified atom stereocenters. The van der Waals surface area contributed by atoms with Gasteiger partial charge in [-0.15, -0.1) is 0 Å². The monoisotopic (exact) mass is 2150 g/mol. The van der Waals surface area contributed by atoms with Crippen LogP contribution in [-0.4, -0.2) is 272 Å². The molecule has 0 saturated heterocycles.